The van der Waals surface area contributed by atoms with Crippen LogP contribution >= 0.6 is 11.8 Å². The summed E-state index contributed by atoms with van der Waals surface area (Å²) in [5.41, 5.74) is 7.54. The van der Waals surface area contributed by atoms with Gasteiger partial charge in [-0.15, -0.1) is 0 Å². The lowest BCUT2D eigenvalue weighted by atomic mass is 10.1. The van der Waals surface area contributed by atoms with E-state index < -0.39 is 0 Å². The third kappa shape index (κ3) is 3.58. The van der Waals surface area contributed by atoms with Crippen LogP contribution in [0.25, 0.3) is 0 Å². The van der Waals surface area contributed by atoms with Gasteiger partial charge in [0.1, 0.15) is 0 Å². The zero-order valence-corrected chi connectivity index (χ0v) is 11.8. The number of anilines is 1. The maximum Gasteiger partial charge on any atom is 0.227 e. The van der Waals surface area contributed by atoms with Gasteiger partial charge >= 0.3 is 0 Å². The molecule has 1 heterocycles. The van der Waals surface area contributed by atoms with Gasteiger partial charge in [-0.05, 0) is 23.6 Å². The van der Waals surface area contributed by atoms with Crippen LogP contribution in [0.1, 0.15) is 18.9 Å². The first-order valence-corrected chi connectivity index (χ1v) is 7.31. The fraction of sp³-hybridized carbons (Fsp3) is 0.429. The molecule has 1 fully saturated rings. The molecule has 1 aliphatic rings. The summed E-state index contributed by atoms with van der Waals surface area (Å²) in [5, 5.41) is 0.107. The topological polar surface area (TPSA) is 63.4 Å². The Morgan fingerprint density at radius 1 is 1.53 bits per heavy atom. The zero-order valence-electron chi connectivity index (χ0n) is 11.0. The Morgan fingerprint density at radius 2 is 2.32 bits per heavy atom. The second kappa shape index (κ2) is 6.21. The van der Waals surface area contributed by atoms with Crippen LogP contribution < -0.4 is 10.6 Å². The molecule has 1 saturated heterocycles. The number of thioether (sulfide) groups is 1. The molecule has 2 rings (SSSR count). The van der Waals surface area contributed by atoms with Crippen molar-refractivity contribution in [2.75, 3.05) is 17.2 Å². The molecule has 1 aliphatic heterocycles. The Morgan fingerprint density at radius 3 is 3.00 bits per heavy atom. The number of benzene rings is 1. The number of carbonyl (C=O) groups is 2. The van der Waals surface area contributed by atoms with Crippen LogP contribution in [0.3, 0.4) is 0 Å². The lowest BCUT2D eigenvalue weighted by molar-refractivity contribution is -0.117. The number of nitrogens with zero attached hydrogens (tertiary/aromatic N) is 1. The van der Waals surface area contributed by atoms with Gasteiger partial charge in [0.25, 0.3) is 0 Å². The predicted molar refractivity (Wildman–Crippen MR) is 77.9 cm³/mol. The van der Waals surface area contributed by atoms with Gasteiger partial charge in [0.2, 0.25) is 5.91 Å². The molecule has 0 saturated carbocycles. The number of hydrogen-bond acceptors (Lipinski definition) is 4. The highest BCUT2D eigenvalue weighted by atomic mass is 32.2. The molecule has 0 aliphatic carbocycles. The molecule has 5 heteroatoms. The van der Waals surface area contributed by atoms with Crippen molar-refractivity contribution < 1.29 is 9.59 Å². The van der Waals surface area contributed by atoms with E-state index in [0.29, 0.717) is 25.3 Å². The molecule has 1 atom stereocenters. The summed E-state index contributed by atoms with van der Waals surface area (Å²) in [6.45, 7) is 2.72. The Bertz CT molecular complexity index is 490. The fourth-order valence-electron chi connectivity index (χ4n) is 2.23. The summed E-state index contributed by atoms with van der Waals surface area (Å²) in [5.74, 6) is 1.10. The van der Waals surface area contributed by atoms with Gasteiger partial charge in [0.15, 0.2) is 5.12 Å². The van der Waals surface area contributed by atoms with Crippen LogP contribution in [0, 0.1) is 5.92 Å². The van der Waals surface area contributed by atoms with Gasteiger partial charge in [-0.2, -0.15) is 0 Å². The lowest BCUT2D eigenvalue weighted by Gasteiger charge is -2.17. The number of amides is 1. The molecule has 1 aromatic carbocycles. The second-order valence-electron chi connectivity index (χ2n) is 4.75. The molecule has 102 valence electrons. The highest BCUT2D eigenvalue weighted by Gasteiger charge is 2.30. The molecule has 0 radical (unpaired) electrons. The van der Waals surface area contributed by atoms with Crippen molar-refractivity contribution in [3.8, 4) is 0 Å². The van der Waals surface area contributed by atoms with Gasteiger partial charge in [0, 0.05) is 37.9 Å². The molecule has 1 unspecified atom stereocenters. The predicted octanol–water partition coefficient (Wildman–Crippen LogP) is 1.78. The van der Waals surface area contributed by atoms with Crippen molar-refractivity contribution >= 4 is 28.5 Å². The Hall–Kier alpha value is -1.33. The molecular formula is C14H18N2O2S. The number of nitrogens with two attached hydrogens (primary N) is 1. The van der Waals surface area contributed by atoms with Gasteiger partial charge in [0.05, 0.1) is 0 Å². The van der Waals surface area contributed by atoms with Gasteiger partial charge in [-0.1, -0.05) is 23.9 Å². The average Bonchev–Trinajstić information content (AvgIpc) is 2.78. The van der Waals surface area contributed by atoms with E-state index in [9.17, 15) is 9.59 Å². The first kappa shape index (κ1) is 14.1. The van der Waals surface area contributed by atoms with Crippen LogP contribution in [0.4, 0.5) is 5.69 Å². The maximum absolute atomic E-state index is 12.0. The Labute approximate surface area is 117 Å². The molecule has 0 spiro atoms. The second-order valence-corrected chi connectivity index (χ2v) is 5.95. The number of hydrogen-bond donors (Lipinski definition) is 1. The van der Waals surface area contributed by atoms with Crippen molar-refractivity contribution in [1.29, 1.82) is 0 Å². The standard InChI is InChI=1S/C14H18N2O2S/c1-10(17)19-9-12-6-14(18)16(8-12)13-4-2-3-11(5-13)7-15/h2-5,12H,6-9,15H2,1H3. The van der Waals surface area contributed by atoms with Crippen molar-refractivity contribution in [2.45, 2.75) is 19.9 Å². The molecule has 1 aromatic rings. The van der Waals surface area contributed by atoms with E-state index in [2.05, 4.69) is 0 Å². The van der Waals surface area contributed by atoms with E-state index in [0.717, 1.165) is 11.3 Å². The van der Waals surface area contributed by atoms with E-state index in [1.54, 1.807) is 11.8 Å². The van der Waals surface area contributed by atoms with E-state index in [1.807, 2.05) is 24.3 Å². The highest BCUT2D eigenvalue weighted by Crippen LogP contribution is 2.27. The Kier molecular flexibility index (Phi) is 4.61. The fourth-order valence-corrected chi connectivity index (χ4v) is 2.92. The summed E-state index contributed by atoms with van der Waals surface area (Å²) in [7, 11) is 0. The minimum absolute atomic E-state index is 0.107. The van der Waals surface area contributed by atoms with Crippen molar-refractivity contribution in [3.63, 3.8) is 0 Å². The third-order valence-corrected chi connectivity index (χ3v) is 4.23. The van der Waals surface area contributed by atoms with Crippen LogP contribution in [0.15, 0.2) is 24.3 Å². The maximum atomic E-state index is 12.0. The molecule has 0 aromatic heterocycles. The third-order valence-electron chi connectivity index (χ3n) is 3.19. The quantitative estimate of drug-likeness (QED) is 0.912. The summed E-state index contributed by atoms with van der Waals surface area (Å²) < 4.78 is 0. The average molecular weight is 278 g/mol. The van der Waals surface area contributed by atoms with Crippen molar-refractivity contribution in [2.24, 2.45) is 11.7 Å². The number of rotatable bonds is 4. The molecule has 0 bridgehead atoms. The van der Waals surface area contributed by atoms with Crippen LogP contribution in [-0.4, -0.2) is 23.3 Å². The number of carbonyl (C=O) groups excluding carboxylic acids is 2. The largest absolute Gasteiger partial charge is 0.326 e. The van der Waals surface area contributed by atoms with Crippen LogP contribution in [0.5, 0.6) is 0 Å². The van der Waals surface area contributed by atoms with Gasteiger partial charge in [-0.25, -0.2) is 0 Å². The van der Waals surface area contributed by atoms with Crippen LogP contribution in [-0.2, 0) is 16.1 Å². The van der Waals surface area contributed by atoms with E-state index >= 15 is 0 Å². The van der Waals surface area contributed by atoms with Gasteiger partial charge < -0.3 is 10.6 Å². The summed E-state index contributed by atoms with van der Waals surface area (Å²) in [4.78, 5) is 24.8. The Balaban J connectivity index is 2.04. The molecule has 19 heavy (non-hydrogen) atoms. The SMILES string of the molecule is CC(=O)SCC1CC(=O)N(c2cccc(CN)c2)C1. The first-order valence-electron chi connectivity index (χ1n) is 6.33. The smallest absolute Gasteiger partial charge is 0.227 e. The molecule has 1 amide bonds. The summed E-state index contributed by atoms with van der Waals surface area (Å²) in [6, 6.07) is 7.76. The summed E-state index contributed by atoms with van der Waals surface area (Å²) >= 11 is 1.30. The summed E-state index contributed by atoms with van der Waals surface area (Å²) in [6.07, 6.45) is 0.521. The van der Waals surface area contributed by atoms with Gasteiger partial charge in [-0.3, -0.25) is 9.59 Å². The monoisotopic (exact) mass is 278 g/mol. The highest BCUT2D eigenvalue weighted by molar-refractivity contribution is 8.13. The molecule has 4 nitrogen and oxygen atoms in total. The van der Waals surface area contributed by atoms with E-state index in [4.69, 9.17) is 5.73 Å². The molecular weight excluding hydrogens is 260 g/mol. The minimum Gasteiger partial charge on any atom is -0.326 e. The van der Waals surface area contributed by atoms with Crippen LogP contribution in [0.2, 0.25) is 0 Å². The lowest BCUT2D eigenvalue weighted by Crippen LogP contribution is -2.24. The first-order chi connectivity index (χ1) is 9.10. The zero-order chi connectivity index (χ0) is 13.8. The normalized spacial score (nSPS) is 18.9. The van der Waals surface area contributed by atoms with Crippen molar-refractivity contribution in [1.82, 2.24) is 0 Å². The van der Waals surface area contributed by atoms with E-state index in [-0.39, 0.29) is 16.9 Å². The molecule has 2 N–H and O–H groups in total. The van der Waals surface area contributed by atoms with E-state index in [1.165, 1.54) is 11.8 Å². The minimum atomic E-state index is 0.107. The van der Waals surface area contributed by atoms with Crippen molar-refractivity contribution in [3.05, 3.63) is 29.8 Å².